The molecular weight excluding hydrogens is 319 g/mol. The summed E-state index contributed by atoms with van der Waals surface area (Å²) in [7, 11) is 2.97. The molecule has 2 heterocycles. The second-order valence-electron chi connectivity index (χ2n) is 4.47. The van der Waals surface area contributed by atoms with E-state index in [-0.39, 0.29) is 11.6 Å². The Morgan fingerprint density at radius 2 is 2.00 bits per heavy atom. The number of ether oxygens (including phenoxy) is 1. The number of halogens is 3. The maximum absolute atomic E-state index is 12.9. The summed E-state index contributed by atoms with van der Waals surface area (Å²) in [4.78, 5) is 21.9. The molecule has 2 rings (SSSR count). The average Bonchev–Trinajstić information content (AvgIpc) is 2.46. The predicted molar refractivity (Wildman–Crippen MR) is 72.3 cm³/mol. The zero-order chi connectivity index (χ0) is 17.2. The monoisotopic (exact) mass is 329 g/mol. The topological polar surface area (TPSA) is 94.3 Å². The van der Waals surface area contributed by atoms with E-state index in [1.807, 2.05) is 0 Å². The van der Waals surface area contributed by atoms with E-state index in [1.54, 1.807) is 0 Å². The van der Waals surface area contributed by atoms with Gasteiger partial charge in [-0.2, -0.15) is 23.1 Å². The van der Waals surface area contributed by atoms with Gasteiger partial charge in [0.25, 0.3) is 0 Å². The fourth-order valence-corrected chi connectivity index (χ4v) is 1.53. The highest BCUT2D eigenvalue weighted by molar-refractivity contribution is 5.43. The molecule has 23 heavy (non-hydrogen) atoms. The zero-order valence-electron chi connectivity index (χ0n) is 11.9. The van der Waals surface area contributed by atoms with E-state index >= 15 is 0 Å². The smallest absolute Gasteiger partial charge is 0.415 e. The number of nitro groups is 1. The summed E-state index contributed by atoms with van der Waals surface area (Å²) in [6, 6.07) is 2.59. The molecule has 0 N–H and O–H groups in total. The van der Waals surface area contributed by atoms with Crippen LogP contribution in [-0.2, 0) is 6.18 Å². The van der Waals surface area contributed by atoms with Crippen molar-refractivity contribution in [1.82, 2.24) is 15.0 Å². The maximum Gasteiger partial charge on any atom is 0.433 e. The standard InChI is InChI=1S/C12H10F3N5O3/c1-19(2)9-6-8(12(13,14)15)17-11(18-9)23-7-4-3-5-16-10(7)20(21)22/h3-6H,1-2H3. The molecule has 0 amide bonds. The van der Waals surface area contributed by atoms with Gasteiger partial charge in [0.2, 0.25) is 5.75 Å². The minimum atomic E-state index is -4.72. The first kappa shape index (κ1) is 16.4. The lowest BCUT2D eigenvalue weighted by molar-refractivity contribution is -0.390. The molecule has 0 aliphatic rings. The van der Waals surface area contributed by atoms with Crippen LogP contribution in [0.1, 0.15) is 5.69 Å². The van der Waals surface area contributed by atoms with Crippen LogP contribution >= 0.6 is 0 Å². The third-order valence-electron chi connectivity index (χ3n) is 2.57. The van der Waals surface area contributed by atoms with Gasteiger partial charge in [-0.25, -0.2) is 0 Å². The fraction of sp³-hybridized carbons (Fsp3) is 0.250. The SMILES string of the molecule is CN(C)c1cc(C(F)(F)F)nc(Oc2cccnc2[N+](=O)[O-])n1. The largest absolute Gasteiger partial charge is 0.433 e. The molecule has 2 aromatic rings. The molecule has 122 valence electrons. The van der Waals surface area contributed by atoms with Gasteiger partial charge in [-0.1, -0.05) is 0 Å². The molecule has 2 aromatic heterocycles. The quantitative estimate of drug-likeness (QED) is 0.628. The third-order valence-corrected chi connectivity index (χ3v) is 2.57. The molecule has 0 fully saturated rings. The van der Waals surface area contributed by atoms with Gasteiger partial charge in [0.15, 0.2) is 5.69 Å². The Morgan fingerprint density at radius 1 is 1.30 bits per heavy atom. The van der Waals surface area contributed by atoms with E-state index in [2.05, 4.69) is 15.0 Å². The van der Waals surface area contributed by atoms with Gasteiger partial charge in [0.05, 0.1) is 0 Å². The molecule has 0 unspecified atom stereocenters. The highest BCUT2D eigenvalue weighted by atomic mass is 19.4. The molecule has 0 saturated carbocycles. The van der Waals surface area contributed by atoms with Gasteiger partial charge in [-0.15, -0.1) is 0 Å². The summed E-state index contributed by atoms with van der Waals surface area (Å²) in [5.41, 5.74) is -1.22. The van der Waals surface area contributed by atoms with Crippen molar-refractivity contribution >= 4 is 11.6 Å². The molecule has 0 atom stereocenters. The number of anilines is 1. The van der Waals surface area contributed by atoms with Crippen molar-refractivity contribution < 1.29 is 22.8 Å². The predicted octanol–water partition coefficient (Wildman–Crippen LogP) is 2.66. The first-order valence-corrected chi connectivity index (χ1v) is 6.09. The zero-order valence-corrected chi connectivity index (χ0v) is 11.9. The second-order valence-corrected chi connectivity index (χ2v) is 4.47. The van der Waals surface area contributed by atoms with Crippen molar-refractivity contribution in [3.05, 3.63) is 40.2 Å². The molecule has 0 saturated heterocycles. The number of pyridine rings is 1. The van der Waals surface area contributed by atoms with Crippen LogP contribution in [0.15, 0.2) is 24.4 Å². The van der Waals surface area contributed by atoms with Crippen LogP contribution in [0, 0.1) is 10.1 Å². The van der Waals surface area contributed by atoms with Crippen LogP contribution in [0.5, 0.6) is 11.8 Å². The number of hydrogen-bond acceptors (Lipinski definition) is 7. The molecular formula is C12H10F3N5O3. The molecule has 0 spiro atoms. The van der Waals surface area contributed by atoms with E-state index < -0.39 is 28.6 Å². The minimum Gasteiger partial charge on any atom is -0.415 e. The Hall–Kier alpha value is -2.98. The van der Waals surface area contributed by atoms with Gasteiger partial charge >= 0.3 is 18.0 Å². The van der Waals surface area contributed by atoms with Crippen molar-refractivity contribution in [2.45, 2.75) is 6.18 Å². The van der Waals surface area contributed by atoms with Crippen LogP contribution in [0.4, 0.5) is 24.8 Å². The number of aromatic nitrogens is 3. The molecule has 11 heteroatoms. The van der Waals surface area contributed by atoms with Crippen LogP contribution in [0.25, 0.3) is 0 Å². The summed E-state index contributed by atoms with van der Waals surface area (Å²) in [6.45, 7) is 0. The second kappa shape index (κ2) is 6.02. The number of hydrogen-bond donors (Lipinski definition) is 0. The van der Waals surface area contributed by atoms with Crippen LogP contribution in [0.3, 0.4) is 0 Å². The van der Waals surface area contributed by atoms with Crippen molar-refractivity contribution in [2.75, 3.05) is 19.0 Å². The summed E-state index contributed by atoms with van der Waals surface area (Å²) in [5, 5.41) is 10.8. The van der Waals surface area contributed by atoms with Crippen molar-refractivity contribution in [3.8, 4) is 11.8 Å². The van der Waals surface area contributed by atoms with Crippen molar-refractivity contribution in [3.63, 3.8) is 0 Å². The molecule has 0 aliphatic heterocycles. The normalized spacial score (nSPS) is 11.2. The van der Waals surface area contributed by atoms with Crippen LogP contribution in [-0.4, -0.2) is 34.0 Å². The van der Waals surface area contributed by atoms with Gasteiger partial charge in [-0.3, -0.25) is 0 Å². The Balaban J connectivity index is 2.48. The summed E-state index contributed by atoms with van der Waals surface area (Å²) < 4.78 is 43.7. The molecule has 0 aromatic carbocycles. The Bertz CT molecular complexity index is 736. The van der Waals surface area contributed by atoms with Gasteiger partial charge in [0.1, 0.15) is 12.0 Å². The molecule has 0 bridgehead atoms. The minimum absolute atomic E-state index is 0.0612. The first-order chi connectivity index (χ1) is 10.7. The van der Waals surface area contributed by atoms with Crippen molar-refractivity contribution in [2.24, 2.45) is 0 Å². The molecule has 0 aliphatic carbocycles. The number of rotatable bonds is 4. The van der Waals surface area contributed by atoms with Gasteiger partial charge in [-0.05, 0) is 22.0 Å². The average molecular weight is 329 g/mol. The van der Waals surface area contributed by atoms with Crippen LogP contribution < -0.4 is 9.64 Å². The highest BCUT2D eigenvalue weighted by Gasteiger charge is 2.34. The summed E-state index contributed by atoms with van der Waals surface area (Å²) >= 11 is 0. The van der Waals surface area contributed by atoms with E-state index in [0.717, 1.165) is 12.3 Å². The number of nitrogens with zero attached hydrogens (tertiary/aromatic N) is 5. The summed E-state index contributed by atoms with van der Waals surface area (Å²) in [5.74, 6) is -1.07. The number of alkyl halides is 3. The fourth-order valence-electron chi connectivity index (χ4n) is 1.53. The maximum atomic E-state index is 12.9. The lowest BCUT2D eigenvalue weighted by Gasteiger charge is -2.15. The first-order valence-electron chi connectivity index (χ1n) is 6.09. The summed E-state index contributed by atoms with van der Waals surface area (Å²) in [6.07, 6.45) is -3.56. The Kier molecular flexibility index (Phi) is 4.29. The Morgan fingerprint density at radius 3 is 2.57 bits per heavy atom. The van der Waals surface area contributed by atoms with E-state index in [4.69, 9.17) is 4.74 Å². The van der Waals surface area contributed by atoms with E-state index in [9.17, 15) is 23.3 Å². The molecule has 0 radical (unpaired) electrons. The van der Waals surface area contributed by atoms with Crippen molar-refractivity contribution in [1.29, 1.82) is 0 Å². The highest BCUT2D eigenvalue weighted by Crippen LogP contribution is 2.33. The van der Waals surface area contributed by atoms with Gasteiger partial charge < -0.3 is 19.8 Å². The van der Waals surface area contributed by atoms with Gasteiger partial charge in [0, 0.05) is 20.2 Å². The lowest BCUT2D eigenvalue weighted by Crippen LogP contribution is -2.16. The molecule has 8 nitrogen and oxygen atoms in total. The Labute approximate surface area is 127 Å². The lowest BCUT2D eigenvalue weighted by atomic mass is 10.3. The third kappa shape index (κ3) is 3.81. The van der Waals surface area contributed by atoms with E-state index in [1.165, 1.54) is 31.1 Å². The van der Waals surface area contributed by atoms with E-state index in [0.29, 0.717) is 0 Å². The van der Waals surface area contributed by atoms with Crippen LogP contribution in [0.2, 0.25) is 0 Å².